The van der Waals surface area contributed by atoms with E-state index in [-0.39, 0.29) is 0 Å². The summed E-state index contributed by atoms with van der Waals surface area (Å²) < 4.78 is 2.22. The molecule has 0 heterocycles. The second-order valence-electron chi connectivity index (χ2n) is 2.99. The molecule has 0 saturated carbocycles. The Morgan fingerprint density at radius 1 is 0.857 bits per heavy atom. The molecule has 1 aromatic carbocycles. The van der Waals surface area contributed by atoms with E-state index < -0.39 is 0 Å². The molecule has 0 nitrogen and oxygen atoms in total. The van der Waals surface area contributed by atoms with Crippen LogP contribution in [0.15, 0.2) is 18.7 Å². The van der Waals surface area contributed by atoms with Crippen molar-refractivity contribution >= 4 is 57.1 Å². The highest BCUT2D eigenvalue weighted by atomic mass is 79.9. The van der Waals surface area contributed by atoms with Gasteiger partial charge in [-0.25, -0.2) is 0 Å². The van der Waals surface area contributed by atoms with Gasteiger partial charge in [0.1, 0.15) is 0 Å². The first kappa shape index (κ1) is 12.9. The zero-order valence-electron chi connectivity index (χ0n) is 8.06. The van der Waals surface area contributed by atoms with Gasteiger partial charge in [0.25, 0.3) is 0 Å². The Bertz CT molecular complexity index is 298. The summed E-state index contributed by atoms with van der Waals surface area (Å²) in [5, 5.41) is 0. The van der Waals surface area contributed by atoms with Crippen molar-refractivity contribution in [3.63, 3.8) is 0 Å². The van der Waals surface area contributed by atoms with Gasteiger partial charge in [-0.2, -0.15) is 0 Å². The zero-order chi connectivity index (χ0) is 10.9. The lowest BCUT2D eigenvalue weighted by molar-refractivity contribution is 0.960. The molecule has 0 unspecified atom stereocenters. The average Bonchev–Trinajstić information content (AvgIpc) is 2.17. The average molecular weight is 356 g/mol. The van der Waals surface area contributed by atoms with Gasteiger partial charge in [0, 0.05) is 18.7 Å². The van der Waals surface area contributed by atoms with Gasteiger partial charge in [-0.3, -0.25) is 0 Å². The molecule has 0 saturated heterocycles. The van der Waals surface area contributed by atoms with Crippen LogP contribution in [0.2, 0.25) is 0 Å². The molecule has 1 aromatic rings. The van der Waals surface area contributed by atoms with E-state index in [9.17, 15) is 0 Å². The molecule has 0 atom stereocenters. The van der Waals surface area contributed by atoms with E-state index in [1.165, 1.54) is 11.1 Å². The molecule has 4 heteroatoms. The fourth-order valence-corrected chi connectivity index (χ4v) is 3.96. The third kappa shape index (κ3) is 2.18. The second-order valence-corrected chi connectivity index (χ2v) is 5.47. The van der Waals surface area contributed by atoms with Crippen LogP contribution >= 0.6 is 57.1 Å². The van der Waals surface area contributed by atoms with Crippen molar-refractivity contribution in [1.29, 1.82) is 0 Å². The number of hydrogen-bond donors (Lipinski definition) is 2. The number of halogens is 2. The Morgan fingerprint density at radius 2 is 1.14 bits per heavy atom. The molecule has 78 valence electrons. The number of benzene rings is 1. The van der Waals surface area contributed by atoms with Crippen molar-refractivity contribution < 1.29 is 0 Å². The lowest BCUT2D eigenvalue weighted by atomic mass is 10.1. The lowest BCUT2D eigenvalue weighted by Gasteiger charge is -2.15. The Balaban J connectivity index is 3.55. The van der Waals surface area contributed by atoms with E-state index in [2.05, 4.69) is 71.0 Å². The monoisotopic (exact) mass is 354 g/mol. The highest BCUT2D eigenvalue weighted by Crippen LogP contribution is 2.40. The largest absolute Gasteiger partial charge is 0.142 e. The second kappa shape index (κ2) is 5.28. The Morgan fingerprint density at radius 3 is 1.36 bits per heavy atom. The number of hydrogen-bond acceptors (Lipinski definition) is 2. The third-order valence-electron chi connectivity index (χ3n) is 2.23. The maximum Gasteiger partial charge on any atom is 0.0364 e. The van der Waals surface area contributed by atoms with E-state index in [1.54, 1.807) is 0 Å². The SMILES string of the molecule is CCc1c(S)c(S)c(CC)c(Br)c1Br. The van der Waals surface area contributed by atoms with E-state index >= 15 is 0 Å². The van der Waals surface area contributed by atoms with Gasteiger partial charge in [-0.1, -0.05) is 13.8 Å². The highest BCUT2D eigenvalue weighted by Gasteiger charge is 2.15. The Kier molecular flexibility index (Phi) is 4.88. The van der Waals surface area contributed by atoms with Gasteiger partial charge in [0.05, 0.1) is 0 Å². The molecule has 0 aromatic heterocycles. The predicted octanol–water partition coefficient (Wildman–Crippen LogP) is 4.91. The molecule has 0 N–H and O–H groups in total. The maximum absolute atomic E-state index is 4.50. The van der Waals surface area contributed by atoms with Crippen molar-refractivity contribution in [1.82, 2.24) is 0 Å². The minimum Gasteiger partial charge on any atom is -0.142 e. The van der Waals surface area contributed by atoms with Crippen LogP contribution in [0.5, 0.6) is 0 Å². The summed E-state index contributed by atoms with van der Waals surface area (Å²) in [7, 11) is 0. The van der Waals surface area contributed by atoms with Gasteiger partial charge >= 0.3 is 0 Å². The van der Waals surface area contributed by atoms with Gasteiger partial charge in [0.15, 0.2) is 0 Å². The normalized spacial score (nSPS) is 10.7. The van der Waals surface area contributed by atoms with E-state index in [4.69, 9.17) is 0 Å². The standard InChI is InChI=1S/C10H12Br2S2/c1-3-5-7(11)8(12)6(4-2)10(14)9(5)13/h13-14H,3-4H2,1-2H3. The van der Waals surface area contributed by atoms with Gasteiger partial charge in [0.2, 0.25) is 0 Å². The Hall–Kier alpha value is 0.880. The van der Waals surface area contributed by atoms with Crippen molar-refractivity contribution in [2.75, 3.05) is 0 Å². The molecule has 0 spiro atoms. The fourth-order valence-electron chi connectivity index (χ4n) is 1.40. The van der Waals surface area contributed by atoms with Crippen LogP contribution in [0.25, 0.3) is 0 Å². The van der Waals surface area contributed by atoms with Crippen molar-refractivity contribution in [3.05, 3.63) is 20.1 Å². The molecular formula is C10H12Br2S2. The quantitative estimate of drug-likeness (QED) is 0.691. The summed E-state index contributed by atoms with van der Waals surface area (Å²) in [5.74, 6) is 0. The van der Waals surface area contributed by atoms with E-state index in [1.807, 2.05) is 0 Å². The maximum atomic E-state index is 4.50. The third-order valence-corrected chi connectivity index (χ3v) is 5.67. The van der Waals surface area contributed by atoms with Crippen LogP contribution in [0.4, 0.5) is 0 Å². The molecule has 14 heavy (non-hydrogen) atoms. The molecule has 0 aliphatic heterocycles. The van der Waals surface area contributed by atoms with E-state index in [0.717, 1.165) is 31.6 Å². The zero-order valence-corrected chi connectivity index (χ0v) is 13.0. The summed E-state index contributed by atoms with van der Waals surface area (Å²) in [6.45, 7) is 4.23. The summed E-state index contributed by atoms with van der Waals surface area (Å²) in [5.41, 5.74) is 2.42. The summed E-state index contributed by atoms with van der Waals surface area (Å²) >= 11 is 16.2. The molecule has 1 rings (SSSR count). The van der Waals surface area contributed by atoms with Crippen LogP contribution in [0.1, 0.15) is 25.0 Å². The first-order valence-corrected chi connectivity index (χ1v) is 6.93. The molecule has 0 aliphatic rings. The molecule has 0 aliphatic carbocycles. The molecular weight excluding hydrogens is 344 g/mol. The lowest BCUT2D eigenvalue weighted by Crippen LogP contribution is -1.95. The van der Waals surface area contributed by atoms with Gasteiger partial charge in [-0.05, 0) is 55.8 Å². The summed E-state index contributed by atoms with van der Waals surface area (Å²) in [6, 6.07) is 0. The van der Waals surface area contributed by atoms with Crippen LogP contribution in [0.3, 0.4) is 0 Å². The predicted molar refractivity (Wildman–Crippen MR) is 75.1 cm³/mol. The topological polar surface area (TPSA) is 0 Å². The van der Waals surface area contributed by atoms with Crippen molar-refractivity contribution in [2.24, 2.45) is 0 Å². The van der Waals surface area contributed by atoms with Gasteiger partial charge < -0.3 is 0 Å². The smallest absolute Gasteiger partial charge is 0.0364 e. The number of thiol groups is 2. The van der Waals surface area contributed by atoms with Crippen molar-refractivity contribution in [2.45, 2.75) is 36.5 Å². The minimum atomic E-state index is 0.954. The molecule has 0 bridgehead atoms. The van der Waals surface area contributed by atoms with Crippen molar-refractivity contribution in [3.8, 4) is 0 Å². The van der Waals surface area contributed by atoms with Crippen LogP contribution < -0.4 is 0 Å². The summed E-state index contributed by atoms with van der Waals surface area (Å²) in [6.07, 6.45) is 1.91. The Labute approximate surface area is 113 Å². The molecule has 0 radical (unpaired) electrons. The first-order chi connectivity index (χ1) is 6.54. The minimum absolute atomic E-state index is 0.954. The van der Waals surface area contributed by atoms with Crippen LogP contribution in [0, 0.1) is 0 Å². The number of rotatable bonds is 2. The summed E-state index contributed by atoms with van der Waals surface area (Å²) in [4.78, 5) is 1.98. The fraction of sp³-hybridized carbons (Fsp3) is 0.400. The van der Waals surface area contributed by atoms with E-state index in [0.29, 0.717) is 0 Å². The first-order valence-electron chi connectivity index (χ1n) is 4.45. The van der Waals surface area contributed by atoms with Crippen LogP contribution in [-0.4, -0.2) is 0 Å². The van der Waals surface area contributed by atoms with Gasteiger partial charge in [-0.15, -0.1) is 25.3 Å². The highest BCUT2D eigenvalue weighted by molar-refractivity contribution is 9.13. The molecule has 0 fully saturated rings. The van der Waals surface area contributed by atoms with Crippen LogP contribution in [-0.2, 0) is 12.8 Å². The molecule has 0 amide bonds.